The summed E-state index contributed by atoms with van der Waals surface area (Å²) in [5, 5.41) is 3.62. The molecule has 0 amide bonds. The van der Waals surface area contributed by atoms with Crippen LogP contribution in [0.1, 0.15) is 51.1 Å². The molecule has 2 rings (SSSR count). The number of nitrogens with one attached hydrogen (secondary N) is 1. The van der Waals surface area contributed by atoms with Crippen molar-refractivity contribution in [2.45, 2.75) is 51.6 Å². The van der Waals surface area contributed by atoms with Crippen molar-refractivity contribution in [2.24, 2.45) is 5.92 Å². The lowest BCUT2D eigenvalue weighted by molar-refractivity contribution is 0.283. The van der Waals surface area contributed by atoms with Gasteiger partial charge >= 0.3 is 0 Å². The maximum absolute atomic E-state index is 13.4. The van der Waals surface area contributed by atoms with Crippen molar-refractivity contribution in [3.63, 3.8) is 0 Å². The van der Waals surface area contributed by atoms with Crippen molar-refractivity contribution in [3.05, 3.63) is 29.6 Å². The molecule has 106 valence electrons. The van der Waals surface area contributed by atoms with E-state index in [4.69, 9.17) is 4.74 Å². The largest absolute Gasteiger partial charge is 0.496 e. The molecule has 19 heavy (non-hydrogen) atoms. The fourth-order valence-corrected chi connectivity index (χ4v) is 3.07. The molecule has 0 aromatic heterocycles. The van der Waals surface area contributed by atoms with Crippen molar-refractivity contribution < 1.29 is 9.13 Å². The molecule has 3 heteroatoms. The Labute approximate surface area is 115 Å². The van der Waals surface area contributed by atoms with Crippen LogP contribution in [0.25, 0.3) is 0 Å². The number of benzene rings is 1. The fourth-order valence-electron chi connectivity index (χ4n) is 3.07. The quantitative estimate of drug-likeness (QED) is 0.886. The Morgan fingerprint density at radius 2 is 2.16 bits per heavy atom. The molecule has 1 saturated carbocycles. The Hall–Kier alpha value is -1.09. The van der Waals surface area contributed by atoms with Crippen LogP contribution < -0.4 is 10.1 Å². The summed E-state index contributed by atoms with van der Waals surface area (Å²) in [7, 11) is 1.63. The van der Waals surface area contributed by atoms with Crippen LogP contribution in [0.2, 0.25) is 0 Å². The molecular formula is C16H24FNO. The average Bonchev–Trinajstić information content (AvgIpc) is 2.38. The van der Waals surface area contributed by atoms with Gasteiger partial charge < -0.3 is 10.1 Å². The number of methoxy groups -OCH3 is 1. The molecule has 0 aliphatic heterocycles. The Kier molecular flexibility index (Phi) is 4.81. The summed E-state index contributed by atoms with van der Waals surface area (Å²) in [5.41, 5.74) is 0.903. The van der Waals surface area contributed by atoms with Crippen LogP contribution in [0.15, 0.2) is 18.2 Å². The van der Waals surface area contributed by atoms with Gasteiger partial charge in [-0.3, -0.25) is 0 Å². The lowest BCUT2D eigenvalue weighted by Crippen LogP contribution is -2.35. The fraction of sp³-hybridized carbons (Fsp3) is 0.625. The molecule has 1 fully saturated rings. The summed E-state index contributed by atoms with van der Waals surface area (Å²) < 4.78 is 18.7. The van der Waals surface area contributed by atoms with Gasteiger partial charge in [0.05, 0.1) is 7.11 Å². The molecule has 3 unspecified atom stereocenters. The second kappa shape index (κ2) is 6.38. The van der Waals surface area contributed by atoms with Gasteiger partial charge in [-0.25, -0.2) is 4.39 Å². The van der Waals surface area contributed by atoms with E-state index < -0.39 is 0 Å². The zero-order chi connectivity index (χ0) is 13.8. The number of hydrogen-bond acceptors (Lipinski definition) is 2. The first-order valence-corrected chi connectivity index (χ1v) is 7.19. The van der Waals surface area contributed by atoms with E-state index >= 15 is 0 Å². The number of hydrogen-bond donors (Lipinski definition) is 1. The van der Waals surface area contributed by atoms with Crippen molar-refractivity contribution in [3.8, 4) is 5.75 Å². The summed E-state index contributed by atoms with van der Waals surface area (Å²) in [6, 6.07) is 5.36. The second-order valence-corrected chi connectivity index (χ2v) is 5.74. The summed E-state index contributed by atoms with van der Waals surface area (Å²) in [6.07, 6.45) is 5.04. The van der Waals surface area contributed by atoms with Crippen molar-refractivity contribution in [1.29, 1.82) is 0 Å². The zero-order valence-electron chi connectivity index (χ0n) is 12.1. The smallest absolute Gasteiger partial charge is 0.123 e. The van der Waals surface area contributed by atoms with E-state index in [-0.39, 0.29) is 11.9 Å². The molecule has 0 bridgehead atoms. The Morgan fingerprint density at radius 1 is 1.37 bits per heavy atom. The highest BCUT2D eigenvalue weighted by molar-refractivity contribution is 5.36. The molecule has 1 aliphatic carbocycles. The van der Waals surface area contributed by atoms with E-state index in [1.165, 1.54) is 31.7 Å². The van der Waals surface area contributed by atoms with E-state index in [0.717, 1.165) is 17.2 Å². The second-order valence-electron chi connectivity index (χ2n) is 5.74. The van der Waals surface area contributed by atoms with Crippen LogP contribution in [-0.2, 0) is 0 Å². The van der Waals surface area contributed by atoms with E-state index in [1.54, 1.807) is 19.2 Å². The Bertz CT molecular complexity index is 421. The molecule has 0 heterocycles. The van der Waals surface area contributed by atoms with Crippen LogP contribution in [-0.4, -0.2) is 13.2 Å². The summed E-state index contributed by atoms with van der Waals surface area (Å²) in [6.45, 7) is 4.39. The first-order valence-electron chi connectivity index (χ1n) is 7.19. The number of rotatable bonds is 4. The van der Waals surface area contributed by atoms with E-state index in [9.17, 15) is 4.39 Å². The standard InChI is InChI=1S/C16H24FNO/c1-11-5-4-6-14(9-11)18-12(2)15-10-13(17)7-8-16(15)19-3/h7-8,10-12,14,18H,4-6,9H2,1-3H3. The molecule has 2 nitrogen and oxygen atoms in total. The molecule has 0 spiro atoms. The van der Waals surface area contributed by atoms with Gasteiger partial charge in [-0.05, 0) is 43.9 Å². The minimum Gasteiger partial charge on any atom is -0.496 e. The highest BCUT2D eigenvalue weighted by Gasteiger charge is 2.22. The third kappa shape index (κ3) is 3.69. The first kappa shape index (κ1) is 14.3. The minimum absolute atomic E-state index is 0.112. The third-order valence-electron chi connectivity index (χ3n) is 4.08. The number of ether oxygens (including phenoxy) is 1. The summed E-state index contributed by atoms with van der Waals surface area (Å²) in [4.78, 5) is 0. The van der Waals surface area contributed by atoms with Gasteiger partial charge in [0.2, 0.25) is 0 Å². The highest BCUT2D eigenvalue weighted by Crippen LogP contribution is 2.29. The highest BCUT2D eigenvalue weighted by atomic mass is 19.1. The van der Waals surface area contributed by atoms with Crippen LogP contribution in [0.5, 0.6) is 5.75 Å². The molecule has 1 aliphatic rings. The molecule has 0 saturated heterocycles. The third-order valence-corrected chi connectivity index (χ3v) is 4.08. The SMILES string of the molecule is COc1ccc(F)cc1C(C)NC1CCCC(C)C1. The molecular weight excluding hydrogens is 241 g/mol. The monoisotopic (exact) mass is 265 g/mol. The first-order chi connectivity index (χ1) is 9.10. The molecule has 1 N–H and O–H groups in total. The van der Waals surface area contributed by atoms with Crippen LogP contribution >= 0.6 is 0 Å². The van der Waals surface area contributed by atoms with Gasteiger partial charge in [-0.15, -0.1) is 0 Å². The Morgan fingerprint density at radius 3 is 2.84 bits per heavy atom. The summed E-state index contributed by atoms with van der Waals surface area (Å²) in [5.74, 6) is 1.33. The van der Waals surface area contributed by atoms with Gasteiger partial charge in [-0.1, -0.05) is 19.8 Å². The zero-order valence-corrected chi connectivity index (χ0v) is 12.1. The van der Waals surface area contributed by atoms with E-state index in [0.29, 0.717) is 6.04 Å². The van der Waals surface area contributed by atoms with Crippen molar-refractivity contribution in [2.75, 3.05) is 7.11 Å². The molecule has 3 atom stereocenters. The van der Waals surface area contributed by atoms with Crippen LogP contribution in [0, 0.1) is 11.7 Å². The van der Waals surface area contributed by atoms with E-state index in [1.807, 2.05) is 0 Å². The van der Waals surface area contributed by atoms with Gasteiger partial charge in [-0.2, -0.15) is 0 Å². The van der Waals surface area contributed by atoms with Gasteiger partial charge in [0, 0.05) is 17.6 Å². The summed E-state index contributed by atoms with van der Waals surface area (Å²) >= 11 is 0. The van der Waals surface area contributed by atoms with Crippen molar-refractivity contribution in [1.82, 2.24) is 5.32 Å². The molecule has 0 radical (unpaired) electrons. The lowest BCUT2D eigenvalue weighted by atomic mass is 9.86. The Balaban J connectivity index is 2.06. The maximum Gasteiger partial charge on any atom is 0.123 e. The topological polar surface area (TPSA) is 21.3 Å². The van der Waals surface area contributed by atoms with Crippen molar-refractivity contribution >= 4 is 0 Å². The maximum atomic E-state index is 13.4. The molecule has 1 aromatic carbocycles. The lowest BCUT2D eigenvalue weighted by Gasteiger charge is -2.30. The van der Waals surface area contributed by atoms with Gasteiger partial charge in [0.15, 0.2) is 0 Å². The predicted octanol–water partition coefficient (Wildman–Crippen LogP) is 4.06. The average molecular weight is 265 g/mol. The van der Waals surface area contributed by atoms with Gasteiger partial charge in [0.25, 0.3) is 0 Å². The van der Waals surface area contributed by atoms with Crippen LogP contribution in [0.3, 0.4) is 0 Å². The predicted molar refractivity (Wildman–Crippen MR) is 75.9 cm³/mol. The van der Waals surface area contributed by atoms with E-state index in [2.05, 4.69) is 19.2 Å². The van der Waals surface area contributed by atoms with Gasteiger partial charge in [0.1, 0.15) is 11.6 Å². The molecule has 1 aromatic rings. The number of halogens is 1. The normalized spacial score (nSPS) is 25.1. The minimum atomic E-state index is -0.207. The van der Waals surface area contributed by atoms with Crippen LogP contribution in [0.4, 0.5) is 4.39 Å².